The van der Waals surface area contributed by atoms with Gasteiger partial charge >= 0.3 is 6.18 Å². The summed E-state index contributed by atoms with van der Waals surface area (Å²) in [5.41, 5.74) is -0.0105. The molecule has 0 aromatic carbocycles. The molecule has 10 heteroatoms. The quantitative estimate of drug-likeness (QED) is 0.476. The van der Waals surface area contributed by atoms with E-state index in [2.05, 4.69) is 25.6 Å². The molecule has 2 rings (SSSR count). The van der Waals surface area contributed by atoms with Crippen molar-refractivity contribution >= 4 is 28.9 Å². The van der Waals surface area contributed by atoms with E-state index in [9.17, 15) is 13.2 Å². The van der Waals surface area contributed by atoms with Crippen LogP contribution in [0.1, 0.15) is 23.2 Å². The largest absolute Gasteiger partial charge is 0.434 e. The highest BCUT2D eigenvalue weighted by Crippen LogP contribution is 2.29. The van der Waals surface area contributed by atoms with Crippen LogP contribution in [0.3, 0.4) is 0 Å². The molecule has 0 amide bonds. The Kier molecular flexibility index (Phi) is 6.38. The molecule has 0 bridgehead atoms. The molecule has 130 valence electrons. The first-order valence-corrected chi connectivity index (χ1v) is 8.28. The molecular weight excluding hydrogens is 363 g/mol. The predicted octanol–water partition coefficient (Wildman–Crippen LogP) is 3.47. The summed E-state index contributed by atoms with van der Waals surface area (Å²) < 4.78 is 37.6. The number of nitrogens with zero attached hydrogens (tertiary/aromatic N) is 3. The zero-order valence-corrected chi connectivity index (χ0v) is 14.3. The van der Waals surface area contributed by atoms with Gasteiger partial charge in [0, 0.05) is 18.1 Å². The van der Waals surface area contributed by atoms with E-state index in [1.807, 2.05) is 6.92 Å². The van der Waals surface area contributed by atoms with Crippen molar-refractivity contribution in [3.8, 4) is 0 Å². The van der Waals surface area contributed by atoms with Gasteiger partial charge < -0.3 is 10.6 Å². The van der Waals surface area contributed by atoms with Gasteiger partial charge in [-0.2, -0.15) is 13.2 Å². The maximum Gasteiger partial charge on any atom is 0.434 e. The van der Waals surface area contributed by atoms with Crippen LogP contribution >= 0.6 is 22.9 Å². The molecule has 2 aromatic heterocycles. The van der Waals surface area contributed by atoms with E-state index >= 15 is 0 Å². The van der Waals surface area contributed by atoms with Gasteiger partial charge in [-0.05, 0) is 18.6 Å². The van der Waals surface area contributed by atoms with E-state index in [4.69, 9.17) is 11.6 Å². The summed E-state index contributed by atoms with van der Waals surface area (Å²) in [6.07, 6.45) is -2.80. The van der Waals surface area contributed by atoms with Gasteiger partial charge in [-0.1, -0.05) is 17.7 Å². The van der Waals surface area contributed by atoms with Crippen LogP contribution in [0.2, 0.25) is 5.15 Å². The van der Waals surface area contributed by atoms with Crippen molar-refractivity contribution in [2.75, 3.05) is 6.54 Å². The molecule has 2 aromatic rings. The van der Waals surface area contributed by atoms with Gasteiger partial charge in [0.2, 0.25) is 0 Å². The lowest BCUT2D eigenvalue weighted by Crippen LogP contribution is -2.36. The first kappa shape index (κ1) is 18.5. The molecule has 5 nitrogen and oxygen atoms in total. The van der Waals surface area contributed by atoms with Gasteiger partial charge in [0.25, 0.3) is 0 Å². The Balaban J connectivity index is 1.96. The Morgan fingerprint density at radius 3 is 2.71 bits per heavy atom. The van der Waals surface area contributed by atoms with Crippen LogP contribution in [0.25, 0.3) is 0 Å². The summed E-state index contributed by atoms with van der Waals surface area (Å²) in [5, 5.41) is 7.71. The number of hydrogen-bond acceptors (Lipinski definition) is 4. The van der Waals surface area contributed by atoms with Crippen molar-refractivity contribution in [3.05, 3.63) is 45.1 Å². The minimum absolute atomic E-state index is 0.158. The molecule has 24 heavy (non-hydrogen) atoms. The van der Waals surface area contributed by atoms with E-state index in [1.54, 1.807) is 18.3 Å². The summed E-state index contributed by atoms with van der Waals surface area (Å²) >= 11 is 6.67. The van der Waals surface area contributed by atoms with Crippen LogP contribution in [0, 0.1) is 0 Å². The van der Waals surface area contributed by atoms with Crippen molar-refractivity contribution in [3.63, 3.8) is 0 Å². The lowest BCUT2D eigenvalue weighted by atomic mass is 10.3. The van der Waals surface area contributed by atoms with Crippen LogP contribution in [0.4, 0.5) is 13.2 Å². The second-order valence-electron chi connectivity index (χ2n) is 4.66. The smallest absolute Gasteiger partial charge is 0.357 e. The number of pyridine rings is 1. The normalized spacial score (nSPS) is 12.3. The van der Waals surface area contributed by atoms with Gasteiger partial charge in [0.05, 0.1) is 13.1 Å². The molecule has 0 fully saturated rings. The zero-order chi connectivity index (χ0) is 17.6. The third-order valence-corrected chi connectivity index (χ3v) is 3.87. The summed E-state index contributed by atoms with van der Waals surface area (Å²) in [7, 11) is 0. The Morgan fingerprint density at radius 2 is 2.12 bits per heavy atom. The lowest BCUT2D eigenvalue weighted by Gasteiger charge is -2.10. The van der Waals surface area contributed by atoms with Gasteiger partial charge in [-0.3, -0.25) is 0 Å². The number of nitrogens with one attached hydrogen (secondary N) is 2. The van der Waals surface area contributed by atoms with Crippen molar-refractivity contribution in [2.45, 2.75) is 26.2 Å². The number of aliphatic imine (C=N–C) groups is 1. The van der Waals surface area contributed by atoms with Gasteiger partial charge in [-0.15, -0.1) is 11.3 Å². The average molecular weight is 378 g/mol. The predicted molar refractivity (Wildman–Crippen MR) is 88.0 cm³/mol. The van der Waals surface area contributed by atoms with Crippen LogP contribution < -0.4 is 10.6 Å². The summed E-state index contributed by atoms with van der Waals surface area (Å²) in [5.74, 6) is 0.483. The maximum atomic E-state index is 12.5. The Morgan fingerprint density at radius 1 is 1.33 bits per heavy atom. The SMILES string of the molecule is CCNC(=NCc1ccc(Cl)nc1)NCc1nc(C(F)(F)F)cs1. The van der Waals surface area contributed by atoms with Crippen molar-refractivity contribution < 1.29 is 13.2 Å². The van der Waals surface area contributed by atoms with E-state index in [-0.39, 0.29) is 6.54 Å². The number of alkyl halides is 3. The van der Waals surface area contributed by atoms with Crippen molar-refractivity contribution in [2.24, 2.45) is 4.99 Å². The summed E-state index contributed by atoms with van der Waals surface area (Å²) in [6.45, 7) is 3.04. The Labute approximate surface area is 146 Å². The molecular formula is C14H15ClF3N5S. The zero-order valence-electron chi connectivity index (χ0n) is 12.7. The van der Waals surface area contributed by atoms with E-state index < -0.39 is 11.9 Å². The third kappa shape index (κ3) is 5.64. The monoisotopic (exact) mass is 377 g/mol. The maximum absolute atomic E-state index is 12.5. The molecule has 0 aliphatic heterocycles. The van der Waals surface area contributed by atoms with E-state index in [1.165, 1.54) is 0 Å². The molecule has 0 atom stereocenters. The third-order valence-electron chi connectivity index (χ3n) is 2.80. The van der Waals surface area contributed by atoms with E-state index in [0.29, 0.717) is 29.2 Å². The Bertz CT molecular complexity index is 684. The Hall–Kier alpha value is -1.87. The lowest BCUT2D eigenvalue weighted by molar-refractivity contribution is -0.140. The number of thiazole rings is 1. The number of halogens is 4. The number of aromatic nitrogens is 2. The minimum Gasteiger partial charge on any atom is -0.357 e. The molecule has 0 unspecified atom stereocenters. The molecule has 0 radical (unpaired) electrons. The minimum atomic E-state index is -4.42. The highest BCUT2D eigenvalue weighted by Gasteiger charge is 2.33. The second-order valence-corrected chi connectivity index (χ2v) is 5.99. The van der Waals surface area contributed by atoms with Gasteiger partial charge in [0.1, 0.15) is 10.2 Å². The molecule has 2 heterocycles. The first-order chi connectivity index (χ1) is 11.4. The van der Waals surface area contributed by atoms with Crippen LogP contribution in [-0.4, -0.2) is 22.5 Å². The fourth-order valence-corrected chi connectivity index (χ4v) is 2.55. The molecule has 0 saturated carbocycles. The van der Waals surface area contributed by atoms with Gasteiger partial charge in [0.15, 0.2) is 11.7 Å². The summed E-state index contributed by atoms with van der Waals surface area (Å²) in [4.78, 5) is 11.9. The second kappa shape index (κ2) is 8.29. The standard InChI is InChI=1S/C14H15ClF3N5S/c1-2-19-13(21-6-9-3-4-11(15)20-5-9)22-7-12-23-10(8-24-12)14(16,17)18/h3-5,8H,2,6-7H2,1H3,(H2,19,21,22). The molecule has 0 aliphatic carbocycles. The van der Waals surface area contributed by atoms with Gasteiger partial charge in [-0.25, -0.2) is 15.0 Å². The molecule has 0 aliphatic rings. The fraction of sp³-hybridized carbons (Fsp3) is 0.357. The summed E-state index contributed by atoms with van der Waals surface area (Å²) in [6, 6.07) is 3.47. The number of rotatable bonds is 5. The number of hydrogen-bond donors (Lipinski definition) is 2. The van der Waals surface area contributed by atoms with E-state index in [0.717, 1.165) is 22.3 Å². The molecule has 0 saturated heterocycles. The fourth-order valence-electron chi connectivity index (χ4n) is 1.69. The highest BCUT2D eigenvalue weighted by atomic mass is 35.5. The van der Waals surface area contributed by atoms with Crippen molar-refractivity contribution in [1.29, 1.82) is 0 Å². The average Bonchev–Trinajstić information content (AvgIpc) is 3.01. The first-order valence-electron chi connectivity index (χ1n) is 7.02. The molecule has 2 N–H and O–H groups in total. The van der Waals surface area contributed by atoms with Crippen molar-refractivity contribution in [1.82, 2.24) is 20.6 Å². The molecule has 0 spiro atoms. The van der Waals surface area contributed by atoms with Crippen LogP contribution in [0.5, 0.6) is 0 Å². The topological polar surface area (TPSA) is 62.2 Å². The van der Waals surface area contributed by atoms with Crippen LogP contribution in [0.15, 0.2) is 28.7 Å². The number of guanidine groups is 1. The van der Waals surface area contributed by atoms with Crippen LogP contribution in [-0.2, 0) is 19.3 Å². The highest BCUT2D eigenvalue weighted by molar-refractivity contribution is 7.09.